The summed E-state index contributed by atoms with van der Waals surface area (Å²) in [5, 5.41) is 4.24. The van der Waals surface area contributed by atoms with E-state index in [4.69, 9.17) is 10.2 Å². The van der Waals surface area contributed by atoms with Gasteiger partial charge in [-0.2, -0.15) is 9.61 Å². The number of nitrogens with zero attached hydrogens (tertiary/aromatic N) is 3. The third-order valence-corrected chi connectivity index (χ3v) is 2.95. The summed E-state index contributed by atoms with van der Waals surface area (Å²) in [6.45, 7) is 0.309. The molecule has 0 aromatic carbocycles. The molecule has 3 aromatic rings. The topological polar surface area (TPSA) is 78.5 Å². The molecule has 6 nitrogen and oxygen atoms in total. The number of rotatable bonds is 2. The van der Waals surface area contributed by atoms with Crippen LogP contribution in [-0.4, -0.2) is 14.2 Å². The smallest absolute Gasteiger partial charge is 0.274 e. The molecule has 92 valence electrons. The van der Waals surface area contributed by atoms with Crippen LogP contribution in [0, 0.1) is 0 Å². The summed E-state index contributed by atoms with van der Waals surface area (Å²) in [4.78, 5) is 11.9. The number of hydrogen-bond acceptors (Lipinski definition) is 4. The van der Waals surface area contributed by atoms with E-state index in [1.165, 1.54) is 10.6 Å². The average Bonchev–Trinajstić information content (AvgIpc) is 3.00. The summed E-state index contributed by atoms with van der Waals surface area (Å²) in [5.74, 6) is 0.632. The molecule has 3 aromatic heterocycles. The van der Waals surface area contributed by atoms with E-state index in [9.17, 15) is 4.79 Å². The van der Waals surface area contributed by atoms with E-state index >= 15 is 0 Å². The second-order valence-electron chi connectivity index (χ2n) is 4.01. The number of fused-ring (bicyclic) bond motifs is 1. The number of aromatic nitrogens is 3. The van der Waals surface area contributed by atoms with Crippen molar-refractivity contribution < 1.29 is 4.42 Å². The van der Waals surface area contributed by atoms with Crippen LogP contribution in [0.2, 0.25) is 0 Å². The molecule has 3 heterocycles. The Morgan fingerprint density at radius 2 is 2.28 bits per heavy atom. The van der Waals surface area contributed by atoms with Crippen molar-refractivity contribution in [3.63, 3.8) is 0 Å². The van der Waals surface area contributed by atoms with Crippen LogP contribution in [-0.2, 0) is 13.6 Å². The van der Waals surface area contributed by atoms with Gasteiger partial charge in [-0.1, -0.05) is 0 Å². The van der Waals surface area contributed by atoms with Crippen LogP contribution in [0.5, 0.6) is 0 Å². The molecule has 0 aliphatic rings. The molecular weight excluding hydrogens is 232 g/mol. The van der Waals surface area contributed by atoms with E-state index in [1.807, 2.05) is 11.6 Å². The Kier molecular flexibility index (Phi) is 2.31. The normalized spacial score (nSPS) is 11.2. The monoisotopic (exact) mass is 244 g/mol. The fourth-order valence-electron chi connectivity index (χ4n) is 1.96. The third kappa shape index (κ3) is 1.46. The fourth-order valence-corrected chi connectivity index (χ4v) is 1.96. The molecule has 0 saturated heterocycles. The van der Waals surface area contributed by atoms with Crippen molar-refractivity contribution >= 4 is 5.65 Å². The standard InChI is InChI=1S/C12H12N4O2/c1-15-8(7-13)5-12(17)16-11(15)6-9(14-16)10-3-2-4-18-10/h2-6H,7,13H2,1H3. The first kappa shape index (κ1) is 10.8. The lowest BCUT2D eigenvalue weighted by molar-refractivity contribution is 0.579. The maximum atomic E-state index is 11.9. The summed E-state index contributed by atoms with van der Waals surface area (Å²) in [5.41, 5.74) is 7.49. The lowest BCUT2D eigenvalue weighted by Gasteiger charge is -2.07. The lowest BCUT2D eigenvalue weighted by Crippen LogP contribution is -2.21. The maximum Gasteiger partial charge on any atom is 0.274 e. The zero-order valence-corrected chi connectivity index (χ0v) is 9.83. The Morgan fingerprint density at radius 1 is 1.44 bits per heavy atom. The van der Waals surface area contributed by atoms with Crippen LogP contribution in [0.25, 0.3) is 17.1 Å². The van der Waals surface area contributed by atoms with E-state index in [0.717, 1.165) is 5.69 Å². The minimum absolute atomic E-state index is 0.193. The fraction of sp³-hybridized carbons (Fsp3) is 0.167. The molecule has 3 rings (SSSR count). The number of nitrogens with two attached hydrogens (primary N) is 1. The van der Waals surface area contributed by atoms with Gasteiger partial charge >= 0.3 is 0 Å². The van der Waals surface area contributed by atoms with Crippen LogP contribution in [0.1, 0.15) is 5.69 Å². The molecule has 0 saturated carbocycles. The van der Waals surface area contributed by atoms with Gasteiger partial charge in [0.15, 0.2) is 5.76 Å². The molecule has 0 atom stereocenters. The van der Waals surface area contributed by atoms with Crippen molar-refractivity contribution in [3.8, 4) is 11.5 Å². The van der Waals surface area contributed by atoms with Crippen LogP contribution in [0.3, 0.4) is 0 Å². The van der Waals surface area contributed by atoms with Crippen molar-refractivity contribution in [1.29, 1.82) is 0 Å². The number of furan rings is 1. The predicted octanol–water partition coefficient (Wildman–Crippen LogP) is 0.752. The molecular formula is C12H12N4O2. The van der Waals surface area contributed by atoms with Crippen molar-refractivity contribution in [2.75, 3.05) is 0 Å². The summed E-state index contributed by atoms with van der Waals surface area (Å²) >= 11 is 0. The quantitative estimate of drug-likeness (QED) is 0.721. The number of hydrogen-bond donors (Lipinski definition) is 1. The van der Waals surface area contributed by atoms with E-state index < -0.39 is 0 Å². The zero-order valence-electron chi connectivity index (χ0n) is 9.83. The van der Waals surface area contributed by atoms with E-state index in [-0.39, 0.29) is 5.56 Å². The van der Waals surface area contributed by atoms with Gasteiger partial charge in [-0.3, -0.25) is 4.79 Å². The highest BCUT2D eigenvalue weighted by molar-refractivity contribution is 5.59. The average molecular weight is 244 g/mol. The summed E-state index contributed by atoms with van der Waals surface area (Å²) in [6, 6.07) is 6.88. The van der Waals surface area contributed by atoms with Gasteiger partial charge < -0.3 is 14.7 Å². The van der Waals surface area contributed by atoms with E-state index in [2.05, 4.69) is 5.10 Å². The predicted molar refractivity (Wildman–Crippen MR) is 66.0 cm³/mol. The summed E-state index contributed by atoms with van der Waals surface area (Å²) in [7, 11) is 1.85. The molecule has 0 aliphatic carbocycles. The van der Waals surface area contributed by atoms with E-state index in [1.54, 1.807) is 24.5 Å². The molecule has 18 heavy (non-hydrogen) atoms. The molecule has 0 unspecified atom stereocenters. The van der Waals surface area contributed by atoms with Gasteiger partial charge in [0.1, 0.15) is 11.3 Å². The first-order valence-electron chi connectivity index (χ1n) is 5.53. The minimum atomic E-state index is -0.193. The first-order chi connectivity index (χ1) is 8.70. The first-order valence-corrected chi connectivity index (χ1v) is 5.53. The van der Waals surface area contributed by atoms with Gasteiger partial charge in [0.25, 0.3) is 5.56 Å². The van der Waals surface area contributed by atoms with Crippen molar-refractivity contribution in [2.24, 2.45) is 12.8 Å². The van der Waals surface area contributed by atoms with Crippen molar-refractivity contribution in [2.45, 2.75) is 6.54 Å². The minimum Gasteiger partial charge on any atom is -0.463 e. The lowest BCUT2D eigenvalue weighted by atomic mass is 10.3. The third-order valence-electron chi connectivity index (χ3n) is 2.95. The maximum absolute atomic E-state index is 11.9. The van der Waals surface area contributed by atoms with Gasteiger partial charge in [0.2, 0.25) is 0 Å². The van der Waals surface area contributed by atoms with Crippen molar-refractivity contribution in [3.05, 3.63) is 46.6 Å². The Morgan fingerprint density at radius 3 is 2.94 bits per heavy atom. The molecule has 0 amide bonds. The molecule has 0 bridgehead atoms. The Balaban J connectivity index is 2.33. The zero-order chi connectivity index (χ0) is 12.7. The van der Waals surface area contributed by atoms with Gasteiger partial charge in [0, 0.05) is 31.4 Å². The Bertz CT molecular complexity index is 752. The molecule has 2 N–H and O–H groups in total. The summed E-state index contributed by atoms with van der Waals surface area (Å²) in [6.07, 6.45) is 1.57. The van der Waals surface area contributed by atoms with Gasteiger partial charge in [-0.05, 0) is 12.1 Å². The molecule has 0 fully saturated rings. The highest BCUT2D eigenvalue weighted by atomic mass is 16.3. The second-order valence-corrected chi connectivity index (χ2v) is 4.01. The second kappa shape index (κ2) is 3.85. The van der Waals surface area contributed by atoms with Crippen molar-refractivity contribution in [1.82, 2.24) is 14.2 Å². The molecule has 6 heteroatoms. The largest absolute Gasteiger partial charge is 0.463 e. The van der Waals surface area contributed by atoms with Crippen LogP contribution in [0.4, 0.5) is 0 Å². The Hall–Kier alpha value is -2.34. The molecule has 0 spiro atoms. The molecule has 0 aliphatic heterocycles. The SMILES string of the molecule is Cn1c(CN)cc(=O)n2nc(-c3ccco3)cc12. The van der Waals surface area contributed by atoms with Gasteiger partial charge in [0.05, 0.1) is 6.26 Å². The highest BCUT2D eigenvalue weighted by Gasteiger charge is 2.11. The van der Waals surface area contributed by atoms with Crippen LogP contribution < -0.4 is 11.3 Å². The van der Waals surface area contributed by atoms with Crippen LogP contribution in [0.15, 0.2) is 39.7 Å². The molecule has 0 radical (unpaired) electrons. The highest BCUT2D eigenvalue weighted by Crippen LogP contribution is 2.19. The van der Waals surface area contributed by atoms with Gasteiger partial charge in [-0.15, -0.1) is 0 Å². The van der Waals surface area contributed by atoms with Crippen LogP contribution >= 0.6 is 0 Å². The Labute approximate surface area is 102 Å². The summed E-state index contributed by atoms with van der Waals surface area (Å²) < 4.78 is 8.47. The van der Waals surface area contributed by atoms with Gasteiger partial charge in [-0.25, -0.2) is 0 Å². The van der Waals surface area contributed by atoms with E-state index in [0.29, 0.717) is 23.6 Å². The number of aryl methyl sites for hydroxylation is 1.